The zero-order chi connectivity index (χ0) is 22.8. The number of benzene rings is 2. The van der Waals surface area contributed by atoms with Crippen LogP contribution in [0.15, 0.2) is 69.4 Å². The number of fused-ring (bicyclic) bond motifs is 1. The van der Waals surface area contributed by atoms with Gasteiger partial charge in [-0.15, -0.1) is 4.68 Å². The number of pyridine rings is 1. The molecule has 10 nitrogen and oxygen atoms in total. The molecule has 160 valence electrons. The van der Waals surface area contributed by atoms with Crippen molar-refractivity contribution in [2.45, 2.75) is 0 Å². The number of halogens is 2. The normalized spacial score (nSPS) is 11.2. The number of nitro groups is 1. The van der Waals surface area contributed by atoms with Gasteiger partial charge in [0, 0.05) is 12.1 Å². The zero-order valence-electron chi connectivity index (χ0n) is 15.9. The fourth-order valence-corrected chi connectivity index (χ4v) is 4.82. The van der Waals surface area contributed by atoms with Gasteiger partial charge in [-0.1, -0.05) is 12.1 Å². The van der Waals surface area contributed by atoms with Gasteiger partial charge in [-0.25, -0.2) is 9.78 Å². The van der Waals surface area contributed by atoms with Crippen LogP contribution < -0.4 is 16.0 Å². The molecule has 4 rings (SSSR count). The first-order chi connectivity index (χ1) is 15.3. The van der Waals surface area contributed by atoms with Crippen molar-refractivity contribution in [3.8, 4) is 11.6 Å². The van der Waals surface area contributed by atoms with Gasteiger partial charge < -0.3 is 9.72 Å². The predicted molar refractivity (Wildman–Crippen MR) is 135 cm³/mol. The quantitative estimate of drug-likeness (QED) is 0.150. The summed E-state index contributed by atoms with van der Waals surface area (Å²) in [5.74, 6) is 0.729. The zero-order valence-corrected chi connectivity index (χ0v) is 20.2. The lowest BCUT2D eigenvalue weighted by molar-refractivity contribution is -0.385. The number of ether oxygens (including phenoxy) is 1. The smallest absolute Gasteiger partial charge is 0.349 e. The highest BCUT2D eigenvalue weighted by Gasteiger charge is 2.12. The average Bonchev–Trinajstić information content (AvgIpc) is 2.76. The van der Waals surface area contributed by atoms with Crippen LogP contribution in [0.1, 0.15) is 5.56 Å². The number of aromatic amines is 1. The second-order valence-corrected chi connectivity index (χ2v) is 8.69. The Kier molecular flexibility index (Phi) is 6.31. The maximum atomic E-state index is 12.6. The molecule has 0 saturated heterocycles. The van der Waals surface area contributed by atoms with Crippen LogP contribution >= 0.6 is 45.2 Å². The minimum atomic E-state index is -0.640. The average molecular weight is 655 g/mol. The molecule has 12 heteroatoms. The highest BCUT2D eigenvalue weighted by molar-refractivity contribution is 14.1. The van der Waals surface area contributed by atoms with Crippen molar-refractivity contribution in [2.75, 3.05) is 0 Å². The molecule has 4 aromatic rings. The van der Waals surface area contributed by atoms with Crippen LogP contribution in [0.3, 0.4) is 0 Å². The van der Waals surface area contributed by atoms with Gasteiger partial charge >= 0.3 is 5.69 Å². The Balaban J connectivity index is 1.63. The van der Waals surface area contributed by atoms with Gasteiger partial charge in [0.1, 0.15) is 6.20 Å². The van der Waals surface area contributed by atoms with Crippen molar-refractivity contribution in [3.63, 3.8) is 0 Å². The number of hydrogen-bond acceptors (Lipinski definition) is 7. The topological polar surface area (TPSA) is 132 Å². The fourth-order valence-electron chi connectivity index (χ4n) is 2.78. The van der Waals surface area contributed by atoms with Crippen molar-refractivity contribution in [3.05, 3.63) is 98.4 Å². The van der Waals surface area contributed by atoms with Crippen LogP contribution in [0.25, 0.3) is 10.9 Å². The van der Waals surface area contributed by atoms with Crippen LogP contribution in [0.4, 0.5) is 5.69 Å². The van der Waals surface area contributed by atoms with Gasteiger partial charge in [-0.2, -0.15) is 5.10 Å². The summed E-state index contributed by atoms with van der Waals surface area (Å²) in [6.07, 6.45) is 2.53. The summed E-state index contributed by atoms with van der Waals surface area (Å²) in [7, 11) is 0. The van der Waals surface area contributed by atoms with E-state index in [1.54, 1.807) is 36.4 Å². The molecule has 1 N–H and O–H groups in total. The fraction of sp³-hybridized carbons (Fsp3) is 0. The maximum absolute atomic E-state index is 12.6. The van der Waals surface area contributed by atoms with E-state index in [0.29, 0.717) is 22.2 Å². The molecule has 0 unspecified atom stereocenters. The van der Waals surface area contributed by atoms with E-state index >= 15 is 0 Å². The molecule has 0 saturated carbocycles. The maximum Gasteiger partial charge on any atom is 0.349 e. The Hall–Kier alpha value is -3.14. The van der Waals surface area contributed by atoms with E-state index in [-0.39, 0.29) is 11.6 Å². The Morgan fingerprint density at radius 1 is 1.12 bits per heavy atom. The number of nitrogens with one attached hydrogen (secondary N) is 1. The van der Waals surface area contributed by atoms with E-state index in [0.717, 1.165) is 18.0 Å². The third kappa shape index (κ3) is 4.55. The molecule has 2 heterocycles. The monoisotopic (exact) mass is 655 g/mol. The number of aromatic nitrogens is 3. The third-order valence-electron chi connectivity index (χ3n) is 4.26. The standard InChI is InChI=1S/C20H11I2N5O5/c21-14-7-11(8-15(22)18(14)32-17-6-5-12(10-23-17)27(30)31)9-24-26-19(28)13-3-1-2-4-16(13)25-20(26)29/h1-10H,(H,25,29). The van der Waals surface area contributed by atoms with Gasteiger partial charge in [0.05, 0.1) is 29.2 Å². The minimum Gasteiger partial charge on any atom is -0.437 e. The first-order valence-electron chi connectivity index (χ1n) is 8.89. The van der Waals surface area contributed by atoms with E-state index in [1.165, 1.54) is 18.3 Å². The van der Waals surface area contributed by atoms with Gasteiger partial charge in [-0.05, 0) is 75.0 Å². The molecule has 0 radical (unpaired) electrons. The van der Waals surface area contributed by atoms with Gasteiger partial charge in [0.25, 0.3) is 11.2 Å². The Bertz CT molecular complexity index is 1470. The van der Waals surface area contributed by atoms with Crippen molar-refractivity contribution in [1.82, 2.24) is 14.6 Å². The Morgan fingerprint density at radius 2 is 1.84 bits per heavy atom. The summed E-state index contributed by atoms with van der Waals surface area (Å²) in [4.78, 5) is 41.6. The highest BCUT2D eigenvalue weighted by atomic mass is 127. The van der Waals surface area contributed by atoms with Crippen molar-refractivity contribution in [2.24, 2.45) is 5.10 Å². The largest absolute Gasteiger partial charge is 0.437 e. The second kappa shape index (κ2) is 9.15. The molecule has 0 spiro atoms. The molecular formula is C20H11I2N5O5. The molecule has 2 aromatic heterocycles. The predicted octanol–water partition coefficient (Wildman–Crippen LogP) is 3.88. The number of hydrogen-bond donors (Lipinski definition) is 1. The number of nitrogens with zero attached hydrogens (tertiary/aromatic N) is 4. The molecule has 0 aliphatic rings. The summed E-state index contributed by atoms with van der Waals surface area (Å²) in [6, 6.07) is 12.9. The molecule has 0 bridgehead atoms. The van der Waals surface area contributed by atoms with Crippen molar-refractivity contribution >= 4 is 68.0 Å². The molecule has 0 aliphatic carbocycles. The lowest BCUT2D eigenvalue weighted by atomic mass is 10.2. The molecular weight excluding hydrogens is 644 g/mol. The van der Waals surface area contributed by atoms with Gasteiger partial charge in [0.2, 0.25) is 5.88 Å². The molecule has 0 atom stereocenters. The van der Waals surface area contributed by atoms with Crippen LogP contribution in [0.2, 0.25) is 0 Å². The van der Waals surface area contributed by atoms with Crippen LogP contribution in [0, 0.1) is 17.3 Å². The van der Waals surface area contributed by atoms with E-state index in [9.17, 15) is 19.7 Å². The summed E-state index contributed by atoms with van der Waals surface area (Å²) < 4.78 is 7.98. The Morgan fingerprint density at radius 3 is 2.50 bits per heavy atom. The SMILES string of the molecule is O=c1[nH]c2ccccc2c(=O)n1N=Cc1cc(I)c(Oc2ccc([N+](=O)[O-])cn2)c(I)c1. The van der Waals surface area contributed by atoms with Crippen molar-refractivity contribution in [1.29, 1.82) is 0 Å². The molecule has 2 aromatic carbocycles. The number of para-hydroxylation sites is 1. The first-order valence-corrected chi connectivity index (χ1v) is 11.0. The second-order valence-electron chi connectivity index (χ2n) is 6.36. The van der Waals surface area contributed by atoms with E-state index < -0.39 is 16.2 Å². The number of rotatable bonds is 5. The van der Waals surface area contributed by atoms with Crippen molar-refractivity contribution < 1.29 is 9.66 Å². The van der Waals surface area contributed by atoms with Crippen LogP contribution in [0.5, 0.6) is 11.6 Å². The highest BCUT2D eigenvalue weighted by Crippen LogP contribution is 2.32. The summed E-state index contributed by atoms with van der Waals surface area (Å²) in [6.45, 7) is 0. The molecule has 0 amide bonds. The van der Waals surface area contributed by atoms with E-state index in [2.05, 4.69) is 60.3 Å². The number of H-pyrrole nitrogens is 1. The summed E-state index contributed by atoms with van der Waals surface area (Å²) in [5.41, 5.74) is -0.207. The van der Waals surface area contributed by atoms with E-state index in [1.807, 2.05) is 0 Å². The van der Waals surface area contributed by atoms with E-state index in [4.69, 9.17) is 4.74 Å². The lowest BCUT2D eigenvalue weighted by Gasteiger charge is -2.10. The molecule has 32 heavy (non-hydrogen) atoms. The summed E-state index contributed by atoms with van der Waals surface area (Å²) in [5, 5.41) is 15.2. The van der Waals surface area contributed by atoms with Crippen LogP contribution in [-0.4, -0.2) is 25.8 Å². The van der Waals surface area contributed by atoms with Gasteiger partial charge in [-0.3, -0.25) is 14.9 Å². The first kappa shape index (κ1) is 22.1. The van der Waals surface area contributed by atoms with Crippen LogP contribution in [-0.2, 0) is 0 Å². The third-order valence-corrected chi connectivity index (χ3v) is 5.87. The van der Waals surface area contributed by atoms with Gasteiger partial charge in [0.15, 0.2) is 5.75 Å². The lowest BCUT2D eigenvalue weighted by Crippen LogP contribution is -2.32. The Labute approximate surface area is 206 Å². The minimum absolute atomic E-state index is 0.132. The molecule has 0 fully saturated rings. The molecule has 0 aliphatic heterocycles. The summed E-state index contributed by atoms with van der Waals surface area (Å²) >= 11 is 4.14.